The van der Waals surface area contributed by atoms with Crippen LogP contribution in [0.2, 0.25) is 0 Å². The van der Waals surface area contributed by atoms with Gasteiger partial charge in [0.25, 0.3) is 0 Å². The fourth-order valence-corrected chi connectivity index (χ4v) is 2.53. The van der Waals surface area contributed by atoms with E-state index in [0.717, 1.165) is 18.8 Å². The normalized spacial score (nSPS) is 20.6. The zero-order chi connectivity index (χ0) is 13.0. The number of likely N-dealkylation sites (tertiary alicyclic amines) is 1. The van der Waals surface area contributed by atoms with Gasteiger partial charge in [-0.25, -0.2) is 0 Å². The maximum atomic E-state index is 5.37. The summed E-state index contributed by atoms with van der Waals surface area (Å²) in [6.45, 7) is 7.79. The van der Waals surface area contributed by atoms with Crippen LogP contribution in [-0.2, 0) is 6.54 Å². The molecule has 1 saturated heterocycles. The van der Waals surface area contributed by atoms with Crippen LogP contribution in [0.1, 0.15) is 25.8 Å². The number of hydrogen-bond donors (Lipinski definition) is 1. The Labute approximate surface area is 110 Å². The van der Waals surface area contributed by atoms with Gasteiger partial charge in [0, 0.05) is 30.7 Å². The molecule has 3 nitrogen and oxygen atoms in total. The summed E-state index contributed by atoms with van der Waals surface area (Å²) in [5.74, 6) is 0.976. The first-order chi connectivity index (χ1) is 8.70. The maximum absolute atomic E-state index is 5.37. The van der Waals surface area contributed by atoms with Crippen LogP contribution in [0.4, 0.5) is 0 Å². The summed E-state index contributed by atoms with van der Waals surface area (Å²) in [6, 6.07) is 9.49. The first-order valence-corrected chi connectivity index (χ1v) is 6.80. The highest BCUT2D eigenvalue weighted by Gasteiger charge is 2.23. The Hall–Kier alpha value is -1.06. The topological polar surface area (TPSA) is 24.5 Å². The highest BCUT2D eigenvalue weighted by Crippen LogP contribution is 2.18. The van der Waals surface area contributed by atoms with Gasteiger partial charge in [0.1, 0.15) is 5.75 Å². The molecule has 100 valence electrons. The Bertz CT molecular complexity index is 379. The van der Waals surface area contributed by atoms with E-state index in [2.05, 4.69) is 36.2 Å². The molecule has 0 aliphatic carbocycles. The second-order valence-electron chi connectivity index (χ2n) is 5.27. The van der Waals surface area contributed by atoms with Gasteiger partial charge in [-0.3, -0.25) is 4.90 Å². The molecule has 1 aromatic carbocycles. The molecule has 1 aromatic rings. The third-order valence-electron chi connectivity index (χ3n) is 3.72. The number of benzene rings is 1. The maximum Gasteiger partial charge on any atom is 0.123 e. The van der Waals surface area contributed by atoms with Crippen LogP contribution in [0.5, 0.6) is 5.75 Å². The lowest BCUT2D eigenvalue weighted by molar-refractivity contribution is 0.268. The Balaban J connectivity index is 1.85. The summed E-state index contributed by atoms with van der Waals surface area (Å²) in [5.41, 5.74) is 1.24. The van der Waals surface area contributed by atoms with Gasteiger partial charge in [-0.2, -0.15) is 0 Å². The third kappa shape index (κ3) is 3.24. The van der Waals surface area contributed by atoms with E-state index in [0.29, 0.717) is 12.1 Å². The number of hydrogen-bond acceptors (Lipinski definition) is 3. The van der Waals surface area contributed by atoms with E-state index in [1.165, 1.54) is 18.5 Å². The lowest BCUT2D eigenvalue weighted by Gasteiger charge is -2.20. The van der Waals surface area contributed by atoms with Crippen LogP contribution in [0, 0.1) is 0 Å². The third-order valence-corrected chi connectivity index (χ3v) is 3.72. The average molecular weight is 248 g/mol. The van der Waals surface area contributed by atoms with E-state index in [1.807, 2.05) is 12.1 Å². The molecule has 1 N–H and O–H groups in total. The van der Waals surface area contributed by atoms with Gasteiger partial charge < -0.3 is 10.1 Å². The van der Waals surface area contributed by atoms with Gasteiger partial charge >= 0.3 is 0 Å². The zero-order valence-electron chi connectivity index (χ0n) is 11.6. The fourth-order valence-electron chi connectivity index (χ4n) is 2.53. The predicted octanol–water partition coefficient (Wildman–Crippen LogP) is 2.27. The number of ether oxygens (including phenoxy) is 1. The summed E-state index contributed by atoms with van der Waals surface area (Å²) in [4.78, 5) is 2.53. The molecule has 1 fully saturated rings. The van der Waals surface area contributed by atoms with Crippen molar-refractivity contribution in [3.8, 4) is 5.75 Å². The minimum atomic E-state index is 0.609. The molecule has 0 aromatic heterocycles. The van der Waals surface area contributed by atoms with Crippen molar-refractivity contribution in [3.63, 3.8) is 0 Å². The molecule has 0 saturated carbocycles. The van der Waals surface area contributed by atoms with Crippen LogP contribution >= 0.6 is 0 Å². The van der Waals surface area contributed by atoms with Crippen LogP contribution < -0.4 is 10.1 Å². The van der Waals surface area contributed by atoms with Crippen LogP contribution in [0.15, 0.2) is 24.3 Å². The van der Waals surface area contributed by atoms with Crippen LogP contribution in [0.3, 0.4) is 0 Å². The molecule has 0 radical (unpaired) electrons. The zero-order valence-corrected chi connectivity index (χ0v) is 11.6. The first-order valence-electron chi connectivity index (χ1n) is 6.80. The second-order valence-corrected chi connectivity index (χ2v) is 5.27. The van der Waals surface area contributed by atoms with E-state index in [9.17, 15) is 0 Å². The van der Waals surface area contributed by atoms with Crippen molar-refractivity contribution in [2.24, 2.45) is 0 Å². The van der Waals surface area contributed by atoms with Gasteiger partial charge in [-0.15, -0.1) is 0 Å². The second kappa shape index (κ2) is 6.21. The van der Waals surface area contributed by atoms with Crippen LogP contribution in [0.25, 0.3) is 0 Å². The molecule has 1 unspecified atom stereocenters. The monoisotopic (exact) mass is 248 g/mol. The number of nitrogens with one attached hydrogen (secondary N) is 1. The minimum absolute atomic E-state index is 0.609. The molecule has 18 heavy (non-hydrogen) atoms. The van der Waals surface area contributed by atoms with Crippen molar-refractivity contribution in [1.29, 1.82) is 0 Å². The van der Waals surface area contributed by atoms with E-state index in [4.69, 9.17) is 4.74 Å². The largest absolute Gasteiger partial charge is 0.496 e. The van der Waals surface area contributed by atoms with Gasteiger partial charge in [0.15, 0.2) is 0 Å². The smallest absolute Gasteiger partial charge is 0.123 e. The summed E-state index contributed by atoms with van der Waals surface area (Å²) in [7, 11) is 1.73. The molecular weight excluding hydrogens is 224 g/mol. The van der Waals surface area contributed by atoms with Gasteiger partial charge in [-0.1, -0.05) is 18.2 Å². The van der Waals surface area contributed by atoms with Crippen molar-refractivity contribution in [1.82, 2.24) is 10.2 Å². The quantitative estimate of drug-likeness (QED) is 0.865. The van der Waals surface area contributed by atoms with Crippen molar-refractivity contribution >= 4 is 0 Å². The lowest BCUT2D eigenvalue weighted by Crippen LogP contribution is -2.34. The standard InChI is InChI=1S/C15H24N2O/c1-12(2)17-9-8-14(11-17)16-10-13-6-4-5-7-15(13)18-3/h4-7,12,14,16H,8-11H2,1-3H3. The summed E-state index contributed by atoms with van der Waals surface area (Å²) in [5, 5.41) is 3.64. The molecule has 2 rings (SSSR count). The summed E-state index contributed by atoms with van der Waals surface area (Å²) >= 11 is 0. The Morgan fingerprint density at radius 2 is 2.17 bits per heavy atom. The van der Waals surface area contributed by atoms with Crippen molar-refractivity contribution in [2.75, 3.05) is 20.2 Å². The number of methoxy groups -OCH3 is 1. The van der Waals surface area contributed by atoms with Crippen LogP contribution in [-0.4, -0.2) is 37.2 Å². The number of rotatable bonds is 5. The molecule has 1 aliphatic rings. The molecular formula is C15H24N2O. The van der Waals surface area contributed by atoms with Crippen molar-refractivity contribution < 1.29 is 4.74 Å². The molecule has 3 heteroatoms. The Morgan fingerprint density at radius 1 is 1.39 bits per heavy atom. The summed E-state index contributed by atoms with van der Waals surface area (Å²) in [6.07, 6.45) is 1.24. The van der Waals surface area contributed by atoms with Crippen molar-refractivity contribution in [3.05, 3.63) is 29.8 Å². The predicted molar refractivity (Wildman–Crippen MR) is 74.9 cm³/mol. The minimum Gasteiger partial charge on any atom is -0.496 e. The molecule has 0 bridgehead atoms. The van der Waals surface area contributed by atoms with Crippen molar-refractivity contribution in [2.45, 2.75) is 38.9 Å². The Morgan fingerprint density at radius 3 is 2.83 bits per heavy atom. The van der Waals surface area contributed by atoms with Gasteiger partial charge in [0.05, 0.1) is 7.11 Å². The number of para-hydroxylation sites is 1. The van der Waals surface area contributed by atoms with E-state index >= 15 is 0 Å². The molecule has 1 aliphatic heterocycles. The number of nitrogens with zero attached hydrogens (tertiary/aromatic N) is 1. The Kier molecular flexibility index (Phi) is 4.61. The molecule has 1 atom stereocenters. The van der Waals surface area contributed by atoms with Gasteiger partial charge in [0.2, 0.25) is 0 Å². The van der Waals surface area contributed by atoms with E-state index in [1.54, 1.807) is 7.11 Å². The SMILES string of the molecule is COc1ccccc1CNC1CCN(C(C)C)C1. The molecule has 0 spiro atoms. The molecule has 1 heterocycles. The van der Waals surface area contributed by atoms with E-state index in [-0.39, 0.29) is 0 Å². The first kappa shape index (κ1) is 13.4. The lowest BCUT2D eigenvalue weighted by atomic mass is 10.2. The molecule has 0 amide bonds. The average Bonchev–Trinajstić information content (AvgIpc) is 2.85. The highest BCUT2D eigenvalue weighted by atomic mass is 16.5. The van der Waals surface area contributed by atoms with E-state index < -0.39 is 0 Å². The van der Waals surface area contributed by atoms with Gasteiger partial charge in [-0.05, 0) is 32.9 Å². The highest BCUT2D eigenvalue weighted by molar-refractivity contribution is 5.33. The fraction of sp³-hybridized carbons (Fsp3) is 0.600. The summed E-state index contributed by atoms with van der Waals surface area (Å²) < 4.78 is 5.37.